The molecule has 1 saturated carbocycles. The fourth-order valence-electron chi connectivity index (χ4n) is 3.70. The molecule has 3 heteroatoms. The number of fused-ring (bicyclic) bond motifs is 2. The highest BCUT2D eigenvalue weighted by atomic mass is 16.6. The first kappa shape index (κ1) is 11.7. The summed E-state index contributed by atoms with van der Waals surface area (Å²) in [6.45, 7) is 9.98. The van der Waals surface area contributed by atoms with Crippen molar-refractivity contribution >= 4 is 5.97 Å². The maximum absolute atomic E-state index is 11.6. The third-order valence-corrected chi connectivity index (χ3v) is 4.96. The molecule has 0 bridgehead atoms. The molecule has 3 rings (SSSR count). The Hall–Kier alpha value is -1.35. The Bertz CT molecular complexity index is 476. The molecule has 1 saturated heterocycles. The van der Waals surface area contributed by atoms with Gasteiger partial charge in [0.15, 0.2) is 0 Å². The molecule has 0 aromatic carbocycles. The summed E-state index contributed by atoms with van der Waals surface area (Å²) in [5.74, 6) is 0.0105. The lowest BCUT2D eigenvalue weighted by Gasteiger charge is -2.49. The van der Waals surface area contributed by atoms with E-state index in [-0.39, 0.29) is 29.3 Å². The first-order valence-electron chi connectivity index (χ1n) is 6.38. The number of allylic oxidation sites excluding steroid dienone is 2. The largest absolute Gasteiger partial charge is 0.458 e. The van der Waals surface area contributed by atoms with E-state index in [9.17, 15) is 9.90 Å². The molecular formula is C15H18O3. The summed E-state index contributed by atoms with van der Waals surface area (Å²) >= 11 is 0. The lowest BCUT2D eigenvalue weighted by Crippen LogP contribution is -2.49. The van der Waals surface area contributed by atoms with Crippen LogP contribution in [0, 0.1) is 17.3 Å². The van der Waals surface area contributed by atoms with Crippen LogP contribution in [0.1, 0.15) is 19.8 Å². The zero-order valence-corrected chi connectivity index (χ0v) is 10.6. The molecule has 0 aromatic heterocycles. The van der Waals surface area contributed by atoms with E-state index in [2.05, 4.69) is 20.1 Å². The fourth-order valence-corrected chi connectivity index (χ4v) is 3.70. The third-order valence-electron chi connectivity index (χ3n) is 4.96. The Morgan fingerprint density at radius 2 is 2.22 bits per heavy atom. The number of ether oxygens (including phenoxy) is 1. The number of carbonyl (C=O) groups excluding carboxylic acids is 1. The SMILES string of the molecule is C=C1C(=O)O[C@@H]2C[C@@]3(C)[C@@H](O)C=CC(=C)[C@@H]3C[C@H]12. The molecule has 1 aliphatic heterocycles. The summed E-state index contributed by atoms with van der Waals surface area (Å²) in [5, 5.41) is 10.2. The minimum Gasteiger partial charge on any atom is -0.458 e. The van der Waals surface area contributed by atoms with Crippen molar-refractivity contribution < 1.29 is 14.6 Å². The van der Waals surface area contributed by atoms with Gasteiger partial charge in [0.2, 0.25) is 0 Å². The molecule has 0 radical (unpaired) electrons. The van der Waals surface area contributed by atoms with Crippen LogP contribution in [0.15, 0.2) is 36.5 Å². The van der Waals surface area contributed by atoms with Crippen molar-refractivity contribution in [2.24, 2.45) is 17.3 Å². The summed E-state index contributed by atoms with van der Waals surface area (Å²) in [4.78, 5) is 11.6. The number of carbonyl (C=O) groups is 1. The van der Waals surface area contributed by atoms with Gasteiger partial charge in [0.05, 0.1) is 6.10 Å². The van der Waals surface area contributed by atoms with Crippen molar-refractivity contribution in [2.75, 3.05) is 0 Å². The van der Waals surface area contributed by atoms with Gasteiger partial charge in [-0.2, -0.15) is 0 Å². The van der Waals surface area contributed by atoms with E-state index in [1.807, 2.05) is 6.08 Å². The van der Waals surface area contributed by atoms with Gasteiger partial charge in [0.25, 0.3) is 0 Å². The Morgan fingerprint density at radius 1 is 1.50 bits per heavy atom. The lowest BCUT2D eigenvalue weighted by molar-refractivity contribution is -0.143. The second-order valence-electron chi connectivity index (χ2n) is 5.95. The number of hydrogen-bond acceptors (Lipinski definition) is 3. The molecule has 2 fully saturated rings. The van der Waals surface area contributed by atoms with E-state index in [1.54, 1.807) is 6.08 Å². The number of aliphatic hydroxyl groups is 1. The predicted molar refractivity (Wildman–Crippen MR) is 67.6 cm³/mol. The van der Waals surface area contributed by atoms with Crippen LogP contribution in [0.25, 0.3) is 0 Å². The van der Waals surface area contributed by atoms with Crippen LogP contribution in [-0.4, -0.2) is 23.3 Å². The molecule has 0 unspecified atom stereocenters. The second-order valence-corrected chi connectivity index (χ2v) is 5.95. The van der Waals surface area contributed by atoms with E-state index in [1.165, 1.54) is 0 Å². The van der Waals surface area contributed by atoms with Gasteiger partial charge in [-0.05, 0) is 18.8 Å². The van der Waals surface area contributed by atoms with Gasteiger partial charge in [-0.25, -0.2) is 4.79 Å². The van der Waals surface area contributed by atoms with Gasteiger partial charge in [0.1, 0.15) is 6.10 Å². The smallest absolute Gasteiger partial charge is 0.334 e. The maximum atomic E-state index is 11.6. The molecule has 1 N–H and O–H groups in total. The highest BCUT2D eigenvalue weighted by molar-refractivity contribution is 5.90. The Balaban J connectivity index is 1.98. The average molecular weight is 246 g/mol. The average Bonchev–Trinajstić information content (AvgIpc) is 2.58. The van der Waals surface area contributed by atoms with Crippen LogP contribution in [0.2, 0.25) is 0 Å². The van der Waals surface area contributed by atoms with Crippen molar-refractivity contribution in [3.63, 3.8) is 0 Å². The van der Waals surface area contributed by atoms with Crippen molar-refractivity contribution in [3.05, 3.63) is 36.5 Å². The summed E-state index contributed by atoms with van der Waals surface area (Å²) in [7, 11) is 0. The zero-order valence-electron chi connectivity index (χ0n) is 10.6. The number of aliphatic hydroxyl groups excluding tert-OH is 1. The molecule has 3 aliphatic rings. The van der Waals surface area contributed by atoms with Crippen LogP contribution in [0.5, 0.6) is 0 Å². The molecule has 1 heterocycles. The first-order valence-corrected chi connectivity index (χ1v) is 6.38. The molecule has 0 amide bonds. The second kappa shape index (κ2) is 3.58. The molecular weight excluding hydrogens is 228 g/mol. The van der Waals surface area contributed by atoms with Gasteiger partial charge >= 0.3 is 5.97 Å². The van der Waals surface area contributed by atoms with E-state index in [0.717, 1.165) is 12.0 Å². The van der Waals surface area contributed by atoms with Gasteiger partial charge in [-0.3, -0.25) is 0 Å². The van der Waals surface area contributed by atoms with Crippen molar-refractivity contribution in [1.82, 2.24) is 0 Å². The minimum absolute atomic E-state index is 0.0889. The topological polar surface area (TPSA) is 46.5 Å². The van der Waals surface area contributed by atoms with Crippen LogP contribution >= 0.6 is 0 Å². The van der Waals surface area contributed by atoms with Crippen molar-refractivity contribution in [2.45, 2.75) is 32.0 Å². The van der Waals surface area contributed by atoms with E-state index in [4.69, 9.17) is 4.74 Å². The van der Waals surface area contributed by atoms with Crippen molar-refractivity contribution in [1.29, 1.82) is 0 Å². The third kappa shape index (κ3) is 1.37. The van der Waals surface area contributed by atoms with Crippen LogP contribution in [0.4, 0.5) is 0 Å². The molecule has 0 spiro atoms. The molecule has 5 atom stereocenters. The van der Waals surface area contributed by atoms with Gasteiger partial charge in [-0.15, -0.1) is 0 Å². The summed E-state index contributed by atoms with van der Waals surface area (Å²) in [6, 6.07) is 0. The summed E-state index contributed by atoms with van der Waals surface area (Å²) in [5.41, 5.74) is 1.34. The van der Waals surface area contributed by atoms with Crippen LogP contribution in [-0.2, 0) is 9.53 Å². The number of rotatable bonds is 0. The Labute approximate surface area is 107 Å². The van der Waals surface area contributed by atoms with E-state index < -0.39 is 6.10 Å². The highest BCUT2D eigenvalue weighted by Gasteiger charge is 2.54. The molecule has 3 nitrogen and oxygen atoms in total. The summed E-state index contributed by atoms with van der Waals surface area (Å²) < 4.78 is 5.37. The summed E-state index contributed by atoms with van der Waals surface area (Å²) in [6.07, 6.45) is 4.55. The first-order chi connectivity index (χ1) is 8.43. The quantitative estimate of drug-likeness (QED) is 0.525. The van der Waals surface area contributed by atoms with E-state index in [0.29, 0.717) is 12.0 Å². The fraction of sp³-hybridized carbons (Fsp3) is 0.533. The minimum atomic E-state index is -0.499. The lowest BCUT2D eigenvalue weighted by atomic mass is 9.56. The van der Waals surface area contributed by atoms with E-state index >= 15 is 0 Å². The standard InChI is InChI=1S/C15H18O3/c1-8-4-5-13(16)15(3)7-12-10(6-11(8)15)9(2)14(17)18-12/h4-5,10-13,16H,1-2,6-7H2,3H3/t10-,11+,12-,13+,15-/m1/s1. The van der Waals surface area contributed by atoms with Crippen LogP contribution < -0.4 is 0 Å². The normalized spacial score (nSPS) is 46.7. The number of esters is 1. The molecule has 2 aliphatic carbocycles. The van der Waals surface area contributed by atoms with Gasteiger partial charge in [0, 0.05) is 16.9 Å². The monoisotopic (exact) mass is 246 g/mol. The highest BCUT2D eigenvalue weighted by Crippen LogP contribution is 2.54. The van der Waals surface area contributed by atoms with Gasteiger partial charge in [-0.1, -0.05) is 37.8 Å². The number of hydrogen-bond donors (Lipinski definition) is 1. The molecule has 96 valence electrons. The van der Waals surface area contributed by atoms with Crippen LogP contribution in [0.3, 0.4) is 0 Å². The maximum Gasteiger partial charge on any atom is 0.334 e. The Kier molecular flexibility index (Phi) is 2.33. The van der Waals surface area contributed by atoms with Crippen molar-refractivity contribution in [3.8, 4) is 0 Å². The van der Waals surface area contributed by atoms with Gasteiger partial charge < -0.3 is 9.84 Å². The predicted octanol–water partition coefficient (Wildman–Crippen LogP) is 1.99. The molecule has 18 heavy (non-hydrogen) atoms. The zero-order chi connectivity index (χ0) is 13.1. The Morgan fingerprint density at radius 3 is 2.94 bits per heavy atom. The molecule has 0 aromatic rings.